The number of aromatic amines is 1. The molecular formula is C20H24ClN3O2. The Balaban J connectivity index is 1.52. The van der Waals surface area contributed by atoms with E-state index < -0.39 is 0 Å². The van der Waals surface area contributed by atoms with Crippen molar-refractivity contribution in [2.24, 2.45) is 0 Å². The number of hydrogen-bond donors (Lipinski definition) is 2. The highest BCUT2D eigenvalue weighted by atomic mass is 35.5. The molecule has 0 spiro atoms. The largest absolute Gasteiger partial charge is 0.508 e. The molecule has 0 bridgehead atoms. The van der Waals surface area contributed by atoms with Gasteiger partial charge in [0, 0.05) is 37.0 Å². The van der Waals surface area contributed by atoms with Crippen molar-refractivity contribution in [3.8, 4) is 5.75 Å². The molecule has 1 aliphatic carbocycles. The number of rotatable bonds is 3. The molecule has 2 heterocycles. The first-order chi connectivity index (χ1) is 12.6. The van der Waals surface area contributed by atoms with Crippen LogP contribution in [0.4, 0.5) is 0 Å². The van der Waals surface area contributed by atoms with E-state index in [1.807, 2.05) is 6.07 Å². The highest BCUT2D eigenvalue weighted by Gasteiger charge is 2.24. The maximum Gasteiger partial charge on any atom is 0.255 e. The zero-order valence-corrected chi connectivity index (χ0v) is 15.6. The van der Waals surface area contributed by atoms with Crippen LogP contribution in [0.5, 0.6) is 5.75 Å². The third kappa shape index (κ3) is 3.64. The maximum absolute atomic E-state index is 12.7. The molecular weight excluding hydrogens is 350 g/mol. The Morgan fingerprint density at radius 1 is 1.27 bits per heavy atom. The van der Waals surface area contributed by atoms with E-state index in [2.05, 4.69) is 9.88 Å². The fraction of sp³-hybridized carbons (Fsp3) is 0.500. The minimum absolute atomic E-state index is 0.0112. The van der Waals surface area contributed by atoms with E-state index in [0.717, 1.165) is 48.5 Å². The van der Waals surface area contributed by atoms with Crippen LogP contribution in [0.15, 0.2) is 23.0 Å². The van der Waals surface area contributed by atoms with Crippen LogP contribution in [-0.4, -0.2) is 26.5 Å². The van der Waals surface area contributed by atoms with Crippen LogP contribution >= 0.6 is 11.6 Å². The molecule has 2 aliphatic rings. The predicted molar refractivity (Wildman–Crippen MR) is 102 cm³/mol. The number of nitrogens with zero attached hydrogens (tertiary/aromatic N) is 2. The van der Waals surface area contributed by atoms with E-state index in [4.69, 9.17) is 16.6 Å². The minimum atomic E-state index is 0.0112. The third-order valence-corrected chi connectivity index (χ3v) is 5.94. The van der Waals surface area contributed by atoms with Gasteiger partial charge in [0.05, 0.1) is 11.3 Å². The summed E-state index contributed by atoms with van der Waals surface area (Å²) < 4.78 is 0. The molecule has 1 aliphatic heterocycles. The Hall–Kier alpha value is -1.85. The molecule has 1 fully saturated rings. The maximum atomic E-state index is 12.7. The number of phenolic OH excluding ortho intramolecular Hbond substituents is 1. The molecule has 26 heavy (non-hydrogen) atoms. The van der Waals surface area contributed by atoms with Crippen molar-refractivity contribution in [2.45, 2.75) is 57.5 Å². The van der Waals surface area contributed by atoms with Gasteiger partial charge in [-0.2, -0.15) is 0 Å². The number of aromatic hydroxyl groups is 1. The van der Waals surface area contributed by atoms with Crippen LogP contribution in [0.25, 0.3) is 0 Å². The lowest BCUT2D eigenvalue weighted by Gasteiger charge is -2.29. The van der Waals surface area contributed by atoms with Gasteiger partial charge in [-0.25, -0.2) is 4.98 Å². The number of fused-ring (bicyclic) bond motifs is 1. The molecule has 0 atom stereocenters. The number of hydrogen-bond acceptors (Lipinski definition) is 4. The van der Waals surface area contributed by atoms with Crippen molar-refractivity contribution < 1.29 is 5.11 Å². The quantitative estimate of drug-likeness (QED) is 0.860. The van der Waals surface area contributed by atoms with Crippen LogP contribution < -0.4 is 5.56 Å². The van der Waals surface area contributed by atoms with E-state index >= 15 is 0 Å². The number of benzene rings is 1. The molecule has 2 N–H and O–H groups in total. The Kier molecular flexibility index (Phi) is 5.00. The van der Waals surface area contributed by atoms with Gasteiger partial charge in [0.25, 0.3) is 5.56 Å². The topological polar surface area (TPSA) is 69.2 Å². The molecule has 0 radical (unpaired) electrons. The Morgan fingerprint density at radius 3 is 2.85 bits per heavy atom. The molecule has 5 nitrogen and oxygen atoms in total. The smallest absolute Gasteiger partial charge is 0.255 e. The van der Waals surface area contributed by atoms with Gasteiger partial charge >= 0.3 is 0 Å². The molecule has 0 amide bonds. The molecule has 1 aromatic heterocycles. The van der Waals surface area contributed by atoms with Gasteiger partial charge in [0.2, 0.25) is 0 Å². The van der Waals surface area contributed by atoms with Crippen LogP contribution in [0.2, 0.25) is 5.02 Å². The second-order valence-corrected chi connectivity index (χ2v) is 7.85. The van der Waals surface area contributed by atoms with E-state index in [9.17, 15) is 9.90 Å². The summed E-state index contributed by atoms with van der Waals surface area (Å²) in [5, 5.41) is 10.0. The first kappa shape index (κ1) is 17.6. The number of H-pyrrole nitrogens is 1. The molecule has 2 aromatic rings. The first-order valence-electron chi connectivity index (χ1n) is 9.42. The molecule has 1 aromatic carbocycles. The molecule has 138 valence electrons. The molecule has 0 unspecified atom stereocenters. The Bertz CT molecular complexity index is 859. The van der Waals surface area contributed by atoms with E-state index in [0.29, 0.717) is 24.0 Å². The SMILES string of the molecule is O=c1[nH]c(C2CCCCC2)nc2c1CN(Cc1ccc(O)cc1Cl)CC2. The Morgan fingerprint density at radius 2 is 2.08 bits per heavy atom. The van der Waals surface area contributed by atoms with E-state index in [1.54, 1.807) is 12.1 Å². The van der Waals surface area contributed by atoms with Crippen molar-refractivity contribution in [1.29, 1.82) is 0 Å². The highest BCUT2D eigenvalue weighted by molar-refractivity contribution is 6.31. The summed E-state index contributed by atoms with van der Waals surface area (Å²) in [5.41, 5.74) is 2.71. The molecule has 4 rings (SSSR count). The van der Waals surface area contributed by atoms with Crippen molar-refractivity contribution in [2.75, 3.05) is 6.54 Å². The first-order valence-corrected chi connectivity index (χ1v) is 9.79. The molecule has 1 saturated carbocycles. The summed E-state index contributed by atoms with van der Waals surface area (Å²) >= 11 is 6.22. The van der Waals surface area contributed by atoms with Crippen LogP contribution in [-0.2, 0) is 19.5 Å². The number of halogens is 1. The van der Waals surface area contributed by atoms with Gasteiger partial charge < -0.3 is 10.1 Å². The lowest BCUT2D eigenvalue weighted by molar-refractivity contribution is 0.241. The van der Waals surface area contributed by atoms with Gasteiger partial charge in [-0.3, -0.25) is 9.69 Å². The fourth-order valence-corrected chi connectivity index (χ4v) is 4.34. The van der Waals surface area contributed by atoms with Gasteiger partial charge in [0.1, 0.15) is 11.6 Å². The lowest BCUT2D eigenvalue weighted by atomic mass is 9.88. The minimum Gasteiger partial charge on any atom is -0.508 e. The summed E-state index contributed by atoms with van der Waals surface area (Å²) in [4.78, 5) is 22.7. The molecule has 6 heteroatoms. The Labute approximate surface area is 158 Å². The van der Waals surface area contributed by atoms with Crippen molar-refractivity contribution >= 4 is 11.6 Å². The van der Waals surface area contributed by atoms with E-state index in [-0.39, 0.29) is 11.3 Å². The lowest BCUT2D eigenvalue weighted by Crippen LogP contribution is -2.36. The average Bonchev–Trinajstić information content (AvgIpc) is 2.65. The normalized spacial score (nSPS) is 18.7. The second kappa shape index (κ2) is 7.41. The molecule has 0 saturated heterocycles. The predicted octanol–water partition coefficient (Wildman–Crippen LogP) is 3.73. The van der Waals surface area contributed by atoms with Gasteiger partial charge in [-0.15, -0.1) is 0 Å². The highest BCUT2D eigenvalue weighted by Crippen LogP contribution is 2.31. The fourth-order valence-electron chi connectivity index (χ4n) is 4.11. The summed E-state index contributed by atoms with van der Waals surface area (Å²) in [6, 6.07) is 5.03. The summed E-state index contributed by atoms with van der Waals surface area (Å²) in [6.07, 6.45) is 6.80. The van der Waals surface area contributed by atoms with Gasteiger partial charge in [-0.1, -0.05) is 36.9 Å². The standard InChI is InChI=1S/C20H24ClN3O2/c21-17-10-15(25)7-6-14(17)11-24-9-8-18-16(12-24)20(26)23-19(22-18)13-4-2-1-3-5-13/h6-7,10,13,25H,1-5,8-9,11-12H2,(H,22,23,26). The van der Waals surface area contributed by atoms with Crippen LogP contribution in [0, 0.1) is 0 Å². The van der Waals surface area contributed by atoms with Crippen LogP contribution in [0.1, 0.15) is 60.7 Å². The number of aromatic nitrogens is 2. The third-order valence-electron chi connectivity index (χ3n) is 5.59. The summed E-state index contributed by atoms with van der Waals surface area (Å²) in [5.74, 6) is 1.47. The second-order valence-electron chi connectivity index (χ2n) is 7.45. The van der Waals surface area contributed by atoms with Crippen LogP contribution in [0.3, 0.4) is 0 Å². The van der Waals surface area contributed by atoms with Crippen molar-refractivity contribution in [1.82, 2.24) is 14.9 Å². The average molecular weight is 374 g/mol. The van der Waals surface area contributed by atoms with E-state index in [1.165, 1.54) is 19.3 Å². The number of phenols is 1. The number of nitrogens with one attached hydrogen (secondary N) is 1. The summed E-state index contributed by atoms with van der Waals surface area (Å²) in [6.45, 7) is 2.09. The monoisotopic (exact) mass is 373 g/mol. The van der Waals surface area contributed by atoms with Gasteiger partial charge in [0.15, 0.2) is 0 Å². The van der Waals surface area contributed by atoms with Crippen molar-refractivity contribution in [3.05, 3.63) is 56.2 Å². The zero-order chi connectivity index (χ0) is 18.1. The zero-order valence-electron chi connectivity index (χ0n) is 14.8. The van der Waals surface area contributed by atoms with Gasteiger partial charge in [-0.05, 0) is 30.5 Å². The van der Waals surface area contributed by atoms with Crippen molar-refractivity contribution in [3.63, 3.8) is 0 Å². The summed E-state index contributed by atoms with van der Waals surface area (Å²) in [7, 11) is 0.